The highest BCUT2D eigenvalue weighted by Crippen LogP contribution is 2.22. The molecule has 0 bridgehead atoms. The Labute approximate surface area is 105 Å². The molecule has 0 saturated heterocycles. The molecule has 1 aromatic heterocycles. The maximum absolute atomic E-state index is 12.8. The van der Waals surface area contributed by atoms with Crippen molar-refractivity contribution in [3.05, 3.63) is 52.7 Å². The first-order valence-corrected chi connectivity index (χ1v) is 5.62. The number of nitrogens with one attached hydrogen (secondary N) is 1. The summed E-state index contributed by atoms with van der Waals surface area (Å²) in [5, 5.41) is 2.71. The summed E-state index contributed by atoms with van der Waals surface area (Å²) in [6.07, 6.45) is 0. The lowest BCUT2D eigenvalue weighted by atomic mass is 10.1. The minimum absolute atomic E-state index is 0.242. The average Bonchev–Trinajstić information content (AvgIpc) is 2.56. The van der Waals surface area contributed by atoms with Crippen LogP contribution >= 0.6 is 0 Å². The molecule has 1 aromatic carbocycles. The van der Waals surface area contributed by atoms with E-state index in [0.29, 0.717) is 17.0 Å². The van der Waals surface area contributed by atoms with Gasteiger partial charge in [0.25, 0.3) is 5.91 Å². The monoisotopic (exact) mass is 247 g/mol. The Morgan fingerprint density at radius 1 is 1.11 bits per heavy atom. The van der Waals surface area contributed by atoms with Crippen molar-refractivity contribution in [2.45, 2.75) is 20.8 Å². The SMILES string of the molecule is Cc1oc(C)c(C(=O)Nc2ccc(F)cc2)c1C. The molecule has 2 rings (SSSR count). The molecule has 3 nitrogen and oxygen atoms in total. The van der Waals surface area contributed by atoms with Gasteiger partial charge in [-0.2, -0.15) is 0 Å². The van der Waals surface area contributed by atoms with E-state index in [4.69, 9.17) is 4.42 Å². The number of carbonyl (C=O) groups is 1. The molecule has 1 heterocycles. The summed E-state index contributed by atoms with van der Waals surface area (Å²) in [6, 6.07) is 5.64. The van der Waals surface area contributed by atoms with Crippen molar-refractivity contribution >= 4 is 11.6 Å². The van der Waals surface area contributed by atoms with Crippen LogP contribution in [0.5, 0.6) is 0 Å². The molecule has 0 aliphatic rings. The van der Waals surface area contributed by atoms with Crippen LogP contribution in [0.3, 0.4) is 0 Å². The normalized spacial score (nSPS) is 10.4. The molecule has 0 aliphatic heterocycles. The summed E-state index contributed by atoms with van der Waals surface area (Å²) >= 11 is 0. The Morgan fingerprint density at radius 3 is 2.22 bits per heavy atom. The second-order valence-corrected chi connectivity index (χ2v) is 4.18. The van der Waals surface area contributed by atoms with E-state index in [9.17, 15) is 9.18 Å². The fraction of sp³-hybridized carbons (Fsp3) is 0.214. The minimum atomic E-state index is -0.334. The van der Waals surface area contributed by atoms with Gasteiger partial charge in [0.15, 0.2) is 0 Å². The molecule has 1 N–H and O–H groups in total. The van der Waals surface area contributed by atoms with Crippen LogP contribution < -0.4 is 5.32 Å². The van der Waals surface area contributed by atoms with Crippen LogP contribution in [0.25, 0.3) is 0 Å². The summed E-state index contributed by atoms with van der Waals surface area (Å²) in [4.78, 5) is 12.1. The number of aryl methyl sites for hydroxylation is 2. The van der Waals surface area contributed by atoms with Crippen LogP contribution in [-0.4, -0.2) is 5.91 Å². The fourth-order valence-electron chi connectivity index (χ4n) is 1.85. The van der Waals surface area contributed by atoms with Gasteiger partial charge in [-0.05, 0) is 45.0 Å². The Bertz CT molecular complexity index is 585. The quantitative estimate of drug-likeness (QED) is 0.881. The predicted octanol–water partition coefficient (Wildman–Crippen LogP) is 3.60. The Morgan fingerprint density at radius 2 is 1.72 bits per heavy atom. The first-order chi connectivity index (χ1) is 8.49. The van der Waals surface area contributed by atoms with Gasteiger partial charge in [-0.25, -0.2) is 4.39 Å². The number of halogens is 1. The molecule has 4 heteroatoms. The Hall–Kier alpha value is -2.10. The van der Waals surface area contributed by atoms with Crippen LogP contribution in [0.15, 0.2) is 28.7 Å². The summed E-state index contributed by atoms with van der Waals surface area (Å²) in [7, 11) is 0. The molecule has 0 spiro atoms. The molecule has 94 valence electrons. The lowest BCUT2D eigenvalue weighted by Gasteiger charge is -2.05. The van der Waals surface area contributed by atoms with Gasteiger partial charge in [0, 0.05) is 11.3 Å². The van der Waals surface area contributed by atoms with E-state index in [0.717, 1.165) is 11.3 Å². The van der Waals surface area contributed by atoms with E-state index in [2.05, 4.69) is 5.32 Å². The molecule has 0 fully saturated rings. The molecular formula is C14H14FNO2. The van der Waals surface area contributed by atoms with Gasteiger partial charge in [0.05, 0.1) is 5.56 Å². The highest BCUT2D eigenvalue weighted by atomic mass is 19.1. The Balaban J connectivity index is 2.24. The van der Waals surface area contributed by atoms with Crippen molar-refractivity contribution in [3.8, 4) is 0 Å². The van der Waals surface area contributed by atoms with Gasteiger partial charge in [-0.1, -0.05) is 0 Å². The number of hydrogen-bond donors (Lipinski definition) is 1. The zero-order chi connectivity index (χ0) is 13.3. The van der Waals surface area contributed by atoms with E-state index in [1.165, 1.54) is 24.3 Å². The van der Waals surface area contributed by atoms with Crippen molar-refractivity contribution < 1.29 is 13.6 Å². The van der Waals surface area contributed by atoms with Crippen LogP contribution in [-0.2, 0) is 0 Å². The third-order valence-electron chi connectivity index (χ3n) is 2.89. The number of benzene rings is 1. The van der Waals surface area contributed by atoms with Crippen molar-refractivity contribution in [2.24, 2.45) is 0 Å². The van der Waals surface area contributed by atoms with Gasteiger partial charge < -0.3 is 9.73 Å². The minimum Gasteiger partial charge on any atom is -0.466 e. The maximum atomic E-state index is 12.8. The van der Waals surface area contributed by atoms with E-state index >= 15 is 0 Å². The number of carbonyl (C=O) groups excluding carboxylic acids is 1. The number of furan rings is 1. The molecule has 2 aromatic rings. The zero-order valence-corrected chi connectivity index (χ0v) is 10.5. The summed E-state index contributed by atoms with van der Waals surface area (Å²) in [5.41, 5.74) is 1.92. The summed E-state index contributed by atoms with van der Waals surface area (Å²) < 4.78 is 18.2. The van der Waals surface area contributed by atoms with E-state index < -0.39 is 0 Å². The lowest BCUT2D eigenvalue weighted by Crippen LogP contribution is -2.13. The highest BCUT2D eigenvalue weighted by molar-refractivity contribution is 6.06. The molecule has 0 saturated carbocycles. The maximum Gasteiger partial charge on any atom is 0.259 e. The zero-order valence-electron chi connectivity index (χ0n) is 10.5. The summed E-state index contributed by atoms with van der Waals surface area (Å²) in [5.74, 6) is 0.745. The Kier molecular flexibility index (Phi) is 3.19. The first-order valence-electron chi connectivity index (χ1n) is 5.62. The van der Waals surface area contributed by atoms with Gasteiger partial charge >= 0.3 is 0 Å². The van der Waals surface area contributed by atoms with Crippen LogP contribution in [0.4, 0.5) is 10.1 Å². The van der Waals surface area contributed by atoms with Crippen molar-refractivity contribution in [3.63, 3.8) is 0 Å². The number of anilines is 1. The van der Waals surface area contributed by atoms with Gasteiger partial charge in [-0.15, -0.1) is 0 Å². The van der Waals surface area contributed by atoms with Crippen molar-refractivity contribution in [1.82, 2.24) is 0 Å². The number of rotatable bonds is 2. The second kappa shape index (κ2) is 4.64. The van der Waals surface area contributed by atoms with E-state index in [-0.39, 0.29) is 11.7 Å². The number of hydrogen-bond acceptors (Lipinski definition) is 2. The average molecular weight is 247 g/mol. The van der Waals surface area contributed by atoms with Crippen molar-refractivity contribution in [2.75, 3.05) is 5.32 Å². The third kappa shape index (κ3) is 2.27. The smallest absolute Gasteiger partial charge is 0.259 e. The van der Waals surface area contributed by atoms with E-state index in [1.807, 2.05) is 13.8 Å². The second-order valence-electron chi connectivity index (χ2n) is 4.18. The van der Waals surface area contributed by atoms with Gasteiger partial charge in [-0.3, -0.25) is 4.79 Å². The molecule has 18 heavy (non-hydrogen) atoms. The molecule has 0 atom stereocenters. The van der Waals surface area contributed by atoms with Crippen LogP contribution in [0.1, 0.15) is 27.4 Å². The summed E-state index contributed by atoms with van der Waals surface area (Å²) in [6.45, 7) is 5.40. The molecule has 1 amide bonds. The topological polar surface area (TPSA) is 42.2 Å². The van der Waals surface area contributed by atoms with Gasteiger partial charge in [0.1, 0.15) is 17.3 Å². The van der Waals surface area contributed by atoms with Crippen LogP contribution in [0, 0.1) is 26.6 Å². The number of amides is 1. The largest absolute Gasteiger partial charge is 0.466 e. The predicted molar refractivity (Wildman–Crippen MR) is 67.3 cm³/mol. The molecular weight excluding hydrogens is 233 g/mol. The van der Waals surface area contributed by atoms with Crippen molar-refractivity contribution in [1.29, 1.82) is 0 Å². The first kappa shape index (κ1) is 12.4. The fourth-order valence-corrected chi connectivity index (χ4v) is 1.85. The third-order valence-corrected chi connectivity index (χ3v) is 2.89. The molecule has 0 unspecified atom stereocenters. The lowest BCUT2D eigenvalue weighted by molar-refractivity contribution is 0.102. The molecule has 0 radical (unpaired) electrons. The van der Waals surface area contributed by atoms with Gasteiger partial charge in [0.2, 0.25) is 0 Å². The highest BCUT2D eigenvalue weighted by Gasteiger charge is 2.18. The van der Waals surface area contributed by atoms with E-state index in [1.54, 1.807) is 6.92 Å². The molecule has 0 aliphatic carbocycles. The van der Waals surface area contributed by atoms with Crippen LogP contribution in [0.2, 0.25) is 0 Å². The standard InChI is InChI=1S/C14H14FNO2/c1-8-9(2)18-10(3)13(8)14(17)16-12-6-4-11(15)5-7-12/h4-7H,1-3H3,(H,16,17).